The Morgan fingerprint density at radius 1 is 1.16 bits per heavy atom. The maximum Gasteiger partial charge on any atom is 0.161 e. The Morgan fingerprint density at radius 3 is 2.95 bits per heavy atom. The lowest BCUT2D eigenvalue weighted by molar-refractivity contribution is 0.474. The third kappa shape index (κ3) is 1.35. The van der Waals surface area contributed by atoms with Crippen molar-refractivity contribution >= 4 is 17.6 Å². The lowest BCUT2D eigenvalue weighted by atomic mass is 10.2. The van der Waals surface area contributed by atoms with Gasteiger partial charge in [-0.3, -0.25) is 15.0 Å². The Hall–Kier alpha value is -2.83. The summed E-state index contributed by atoms with van der Waals surface area (Å²) >= 11 is 0. The first-order valence-corrected chi connectivity index (χ1v) is 5.79. The van der Waals surface area contributed by atoms with Crippen LogP contribution in [0.4, 0.5) is 11.4 Å². The molecule has 1 unspecified atom stereocenters. The third-order valence-electron chi connectivity index (χ3n) is 3.19. The van der Waals surface area contributed by atoms with Crippen LogP contribution in [0.5, 0.6) is 5.75 Å². The number of nitrogens with zero attached hydrogens (tertiary/aromatic N) is 6. The Bertz CT molecular complexity index is 678. The molecule has 2 aliphatic heterocycles. The molecule has 0 saturated heterocycles. The topological polar surface area (TPSA) is 69.8 Å². The van der Waals surface area contributed by atoms with Gasteiger partial charge in [-0.05, 0) is 0 Å². The Labute approximate surface area is 108 Å². The molecule has 0 aromatic carbocycles. The van der Waals surface area contributed by atoms with Gasteiger partial charge in [0.05, 0.1) is 24.3 Å². The highest BCUT2D eigenvalue weighted by Gasteiger charge is 2.32. The molecule has 7 heteroatoms. The van der Waals surface area contributed by atoms with Crippen LogP contribution in [-0.4, -0.2) is 32.1 Å². The highest BCUT2D eigenvalue weighted by atomic mass is 16.3. The number of aromatic nitrogens is 3. The molecule has 7 nitrogen and oxygen atoms in total. The summed E-state index contributed by atoms with van der Waals surface area (Å²) in [5.41, 5.74) is 1.33. The van der Waals surface area contributed by atoms with E-state index in [1.165, 1.54) is 6.20 Å². The number of aliphatic imine (C=N–C) groups is 1. The van der Waals surface area contributed by atoms with Crippen molar-refractivity contribution in [2.75, 3.05) is 9.91 Å². The molecule has 1 N–H and O–H groups in total. The Morgan fingerprint density at radius 2 is 2.11 bits per heavy atom. The normalized spacial score (nSPS) is 19.7. The summed E-state index contributed by atoms with van der Waals surface area (Å²) in [4.78, 5) is 14.4. The number of hydrogen-bond acceptors (Lipinski definition) is 6. The third-order valence-corrected chi connectivity index (χ3v) is 3.19. The lowest BCUT2D eigenvalue weighted by Gasteiger charge is -2.32. The zero-order valence-corrected chi connectivity index (χ0v) is 9.83. The van der Waals surface area contributed by atoms with Crippen LogP contribution in [0.2, 0.25) is 0 Å². The summed E-state index contributed by atoms with van der Waals surface area (Å²) in [5, 5.41) is 11.7. The first kappa shape index (κ1) is 10.1. The first-order valence-electron chi connectivity index (χ1n) is 5.79. The molecule has 2 aliphatic rings. The van der Waals surface area contributed by atoms with E-state index < -0.39 is 0 Å². The van der Waals surface area contributed by atoms with Gasteiger partial charge in [-0.15, -0.1) is 0 Å². The molecule has 1 atom stereocenters. The van der Waals surface area contributed by atoms with E-state index in [4.69, 9.17) is 0 Å². The molecule has 0 saturated carbocycles. The van der Waals surface area contributed by atoms with Gasteiger partial charge < -0.3 is 10.0 Å². The Kier molecular flexibility index (Phi) is 1.91. The molecule has 0 bridgehead atoms. The second-order valence-corrected chi connectivity index (χ2v) is 4.25. The molecule has 4 rings (SSSR count). The summed E-state index contributed by atoms with van der Waals surface area (Å²) in [6, 6.07) is 0. The molecule has 2 aromatic rings. The largest absolute Gasteiger partial charge is 0.504 e. The molecule has 0 fully saturated rings. The predicted octanol–water partition coefficient (Wildman–Crippen LogP) is 0.955. The lowest BCUT2D eigenvalue weighted by Crippen LogP contribution is -2.46. The molecular formula is C12H10N6O. The minimum Gasteiger partial charge on any atom is -0.504 e. The number of anilines is 1. The quantitative estimate of drug-likeness (QED) is 0.820. The first-order chi connectivity index (χ1) is 9.34. The monoisotopic (exact) mass is 254 g/mol. The van der Waals surface area contributed by atoms with E-state index in [1.54, 1.807) is 24.9 Å². The minimum absolute atomic E-state index is 0.0784. The van der Waals surface area contributed by atoms with Crippen molar-refractivity contribution in [1.82, 2.24) is 14.6 Å². The summed E-state index contributed by atoms with van der Waals surface area (Å²) in [5.74, 6) is 0.0849. The van der Waals surface area contributed by atoms with Crippen LogP contribution < -0.4 is 9.91 Å². The summed E-state index contributed by atoms with van der Waals surface area (Å²) in [6.07, 6.45) is 13.9. The van der Waals surface area contributed by atoms with Gasteiger partial charge in [-0.25, -0.2) is 9.66 Å². The fourth-order valence-corrected chi connectivity index (χ4v) is 2.30. The van der Waals surface area contributed by atoms with E-state index in [0.717, 1.165) is 5.69 Å². The van der Waals surface area contributed by atoms with Gasteiger partial charge in [-0.2, -0.15) is 0 Å². The maximum absolute atomic E-state index is 9.77. The number of imidazole rings is 1. The van der Waals surface area contributed by atoms with Gasteiger partial charge in [0.1, 0.15) is 12.0 Å². The SMILES string of the molecule is Oc1cncc2c1N=CC1N2C=CN1n1ccnc1. The number of fused-ring (bicyclic) bond motifs is 3. The molecule has 0 amide bonds. The van der Waals surface area contributed by atoms with Crippen molar-refractivity contribution in [3.05, 3.63) is 43.5 Å². The average Bonchev–Trinajstić information content (AvgIpc) is 3.07. The Balaban J connectivity index is 1.79. The van der Waals surface area contributed by atoms with E-state index in [-0.39, 0.29) is 11.9 Å². The van der Waals surface area contributed by atoms with Gasteiger partial charge in [0.15, 0.2) is 11.9 Å². The molecule has 2 aromatic heterocycles. The van der Waals surface area contributed by atoms with Crippen molar-refractivity contribution in [3.63, 3.8) is 0 Å². The van der Waals surface area contributed by atoms with Crippen LogP contribution in [-0.2, 0) is 0 Å². The van der Waals surface area contributed by atoms with E-state index in [0.29, 0.717) is 5.69 Å². The van der Waals surface area contributed by atoms with Crippen LogP contribution in [0.1, 0.15) is 0 Å². The second kappa shape index (κ2) is 3.58. The molecule has 19 heavy (non-hydrogen) atoms. The maximum atomic E-state index is 9.77. The highest BCUT2D eigenvalue weighted by Crippen LogP contribution is 2.40. The minimum atomic E-state index is -0.0784. The van der Waals surface area contributed by atoms with Crippen molar-refractivity contribution in [2.45, 2.75) is 6.17 Å². The van der Waals surface area contributed by atoms with Crippen LogP contribution in [0.15, 0.2) is 48.5 Å². The zero-order chi connectivity index (χ0) is 12.8. The smallest absolute Gasteiger partial charge is 0.161 e. The molecule has 0 spiro atoms. The number of hydrogen-bond donors (Lipinski definition) is 1. The van der Waals surface area contributed by atoms with Crippen LogP contribution in [0.25, 0.3) is 0 Å². The highest BCUT2D eigenvalue weighted by molar-refractivity contribution is 5.89. The van der Waals surface area contributed by atoms with Crippen molar-refractivity contribution in [1.29, 1.82) is 0 Å². The van der Waals surface area contributed by atoms with Crippen LogP contribution >= 0.6 is 0 Å². The summed E-state index contributed by atoms with van der Waals surface area (Å²) in [6.45, 7) is 0. The zero-order valence-electron chi connectivity index (χ0n) is 9.83. The van der Waals surface area contributed by atoms with Gasteiger partial charge in [0.2, 0.25) is 0 Å². The number of rotatable bonds is 1. The number of aromatic hydroxyl groups is 1. The molecule has 0 radical (unpaired) electrons. The van der Waals surface area contributed by atoms with E-state index >= 15 is 0 Å². The van der Waals surface area contributed by atoms with E-state index in [1.807, 2.05) is 33.2 Å². The van der Waals surface area contributed by atoms with Crippen molar-refractivity contribution in [3.8, 4) is 5.75 Å². The average molecular weight is 254 g/mol. The fourth-order valence-electron chi connectivity index (χ4n) is 2.30. The summed E-state index contributed by atoms with van der Waals surface area (Å²) in [7, 11) is 0. The predicted molar refractivity (Wildman–Crippen MR) is 69.9 cm³/mol. The standard InChI is InChI=1S/C12H10N6O/c19-10-6-14-5-9-12(10)15-7-11-17(9)3-4-18(11)16-2-1-13-8-16/h1-8,11,19H. The molecule has 4 heterocycles. The van der Waals surface area contributed by atoms with Crippen LogP contribution in [0.3, 0.4) is 0 Å². The molecular weight excluding hydrogens is 244 g/mol. The van der Waals surface area contributed by atoms with Gasteiger partial charge in [-0.1, -0.05) is 0 Å². The van der Waals surface area contributed by atoms with E-state index in [9.17, 15) is 5.11 Å². The molecule has 94 valence electrons. The van der Waals surface area contributed by atoms with Crippen LogP contribution in [0, 0.1) is 0 Å². The van der Waals surface area contributed by atoms with Crippen molar-refractivity contribution < 1.29 is 5.11 Å². The number of pyridine rings is 1. The van der Waals surface area contributed by atoms with Gasteiger partial charge >= 0.3 is 0 Å². The van der Waals surface area contributed by atoms with E-state index in [2.05, 4.69) is 15.0 Å². The van der Waals surface area contributed by atoms with Gasteiger partial charge in [0, 0.05) is 24.8 Å². The fraction of sp³-hybridized carbons (Fsp3) is 0.0833. The summed E-state index contributed by atoms with van der Waals surface area (Å²) < 4.78 is 1.87. The molecule has 0 aliphatic carbocycles. The van der Waals surface area contributed by atoms with Gasteiger partial charge in [0.25, 0.3) is 0 Å². The van der Waals surface area contributed by atoms with Crippen molar-refractivity contribution in [2.24, 2.45) is 4.99 Å². The second-order valence-electron chi connectivity index (χ2n) is 4.25.